The fraction of sp³-hybridized carbons (Fsp3) is 0.250. The number of hydrogen-bond acceptors (Lipinski definition) is 6. The van der Waals surface area contributed by atoms with Crippen molar-refractivity contribution in [3.05, 3.63) is 88.8 Å². The van der Waals surface area contributed by atoms with E-state index in [0.29, 0.717) is 30.6 Å². The second kappa shape index (κ2) is 7.69. The Morgan fingerprint density at radius 2 is 1.68 bits per heavy atom. The summed E-state index contributed by atoms with van der Waals surface area (Å²) in [6.07, 6.45) is -0.895. The van der Waals surface area contributed by atoms with E-state index in [1.165, 1.54) is 5.56 Å². The normalized spacial score (nSPS) is 12.2. The summed E-state index contributed by atoms with van der Waals surface area (Å²) in [6, 6.07) is 17.5. The first-order valence-electron chi connectivity index (χ1n) is 9.05. The molecule has 2 aromatic carbocycles. The standard InChI is InChI=1S/C20H21N7O/c1-14-8-6-7-11-17(14)12-27-18(13-26-15(2)22-24-25-26)21-20(23-27)19(28)16-9-4-3-5-10-16/h3-11,19,28H,12-13H2,1-2H3/t19-/m0/s1. The number of nitrogens with zero attached hydrogens (tertiary/aromatic N) is 7. The summed E-state index contributed by atoms with van der Waals surface area (Å²) >= 11 is 0. The van der Waals surface area contributed by atoms with Gasteiger partial charge in [-0.1, -0.05) is 54.6 Å². The lowest BCUT2D eigenvalue weighted by atomic mass is 10.1. The molecule has 0 radical (unpaired) electrons. The number of benzene rings is 2. The van der Waals surface area contributed by atoms with E-state index in [2.05, 4.69) is 44.7 Å². The summed E-state index contributed by atoms with van der Waals surface area (Å²) in [5.74, 6) is 1.74. The fourth-order valence-corrected chi connectivity index (χ4v) is 3.02. The molecule has 142 valence electrons. The van der Waals surface area contributed by atoms with Crippen LogP contribution in [0.25, 0.3) is 0 Å². The Kier molecular flexibility index (Phi) is 4.94. The Bertz CT molecular complexity index is 1070. The van der Waals surface area contributed by atoms with Gasteiger partial charge in [0.05, 0.1) is 6.54 Å². The van der Waals surface area contributed by atoms with Gasteiger partial charge < -0.3 is 5.11 Å². The van der Waals surface area contributed by atoms with E-state index in [0.717, 1.165) is 11.1 Å². The number of aromatic nitrogens is 7. The first kappa shape index (κ1) is 18.0. The molecule has 0 bridgehead atoms. The molecule has 1 atom stereocenters. The smallest absolute Gasteiger partial charge is 0.184 e. The van der Waals surface area contributed by atoms with Crippen LogP contribution in [0.1, 0.15) is 40.3 Å². The van der Waals surface area contributed by atoms with Crippen LogP contribution in [0.5, 0.6) is 0 Å². The molecule has 0 fully saturated rings. The van der Waals surface area contributed by atoms with Crippen molar-refractivity contribution in [1.29, 1.82) is 0 Å². The summed E-state index contributed by atoms with van der Waals surface area (Å²) < 4.78 is 3.47. The van der Waals surface area contributed by atoms with E-state index >= 15 is 0 Å². The van der Waals surface area contributed by atoms with E-state index in [1.54, 1.807) is 4.68 Å². The zero-order chi connectivity index (χ0) is 19.5. The molecule has 2 heterocycles. The van der Waals surface area contributed by atoms with Crippen LogP contribution in [-0.2, 0) is 13.1 Å². The van der Waals surface area contributed by atoms with Crippen molar-refractivity contribution in [2.45, 2.75) is 33.0 Å². The lowest BCUT2D eigenvalue weighted by Gasteiger charge is -2.09. The number of aliphatic hydroxyl groups excluding tert-OH is 1. The van der Waals surface area contributed by atoms with Gasteiger partial charge in [-0.15, -0.1) is 5.10 Å². The zero-order valence-corrected chi connectivity index (χ0v) is 15.8. The molecule has 0 saturated heterocycles. The molecule has 0 aliphatic rings. The second-order valence-electron chi connectivity index (χ2n) is 6.67. The molecular formula is C20H21N7O. The van der Waals surface area contributed by atoms with E-state index in [-0.39, 0.29) is 0 Å². The minimum Gasteiger partial charge on any atom is -0.380 e. The molecule has 8 nitrogen and oxygen atoms in total. The molecule has 8 heteroatoms. The zero-order valence-electron chi connectivity index (χ0n) is 15.8. The van der Waals surface area contributed by atoms with E-state index in [4.69, 9.17) is 0 Å². The van der Waals surface area contributed by atoms with Crippen LogP contribution >= 0.6 is 0 Å². The van der Waals surface area contributed by atoms with Gasteiger partial charge in [-0.2, -0.15) is 5.10 Å². The molecule has 0 aliphatic heterocycles. The van der Waals surface area contributed by atoms with Crippen LogP contribution in [-0.4, -0.2) is 40.1 Å². The average Bonchev–Trinajstić information content (AvgIpc) is 3.30. The van der Waals surface area contributed by atoms with Crippen molar-refractivity contribution in [3.8, 4) is 0 Å². The maximum atomic E-state index is 10.7. The first-order valence-corrected chi connectivity index (χ1v) is 9.05. The highest BCUT2D eigenvalue weighted by molar-refractivity contribution is 5.26. The van der Waals surface area contributed by atoms with Crippen LogP contribution in [0.3, 0.4) is 0 Å². The van der Waals surface area contributed by atoms with E-state index in [1.807, 2.05) is 54.1 Å². The Balaban J connectivity index is 1.71. The highest BCUT2D eigenvalue weighted by Gasteiger charge is 2.20. The van der Waals surface area contributed by atoms with Gasteiger partial charge in [0, 0.05) is 0 Å². The topological polar surface area (TPSA) is 94.5 Å². The van der Waals surface area contributed by atoms with Gasteiger partial charge in [-0.25, -0.2) is 14.3 Å². The minimum absolute atomic E-state index is 0.362. The Labute approximate surface area is 162 Å². The minimum atomic E-state index is -0.895. The molecule has 0 amide bonds. The number of rotatable bonds is 6. The van der Waals surface area contributed by atoms with E-state index in [9.17, 15) is 5.11 Å². The Morgan fingerprint density at radius 1 is 0.929 bits per heavy atom. The third-order valence-corrected chi connectivity index (χ3v) is 4.71. The lowest BCUT2D eigenvalue weighted by Crippen LogP contribution is -2.13. The Hall–Kier alpha value is -3.39. The summed E-state index contributed by atoms with van der Waals surface area (Å²) in [5, 5.41) is 27.0. The molecule has 0 saturated carbocycles. The van der Waals surface area contributed by atoms with Gasteiger partial charge >= 0.3 is 0 Å². The first-order chi connectivity index (χ1) is 13.6. The molecule has 28 heavy (non-hydrogen) atoms. The predicted octanol–water partition coefficient (Wildman–Crippen LogP) is 2.06. The molecule has 0 spiro atoms. The van der Waals surface area contributed by atoms with Crippen molar-refractivity contribution >= 4 is 0 Å². The van der Waals surface area contributed by atoms with Crippen LogP contribution in [0.2, 0.25) is 0 Å². The predicted molar refractivity (Wildman–Crippen MR) is 102 cm³/mol. The summed E-state index contributed by atoms with van der Waals surface area (Å²) in [7, 11) is 0. The average molecular weight is 375 g/mol. The number of aliphatic hydroxyl groups is 1. The van der Waals surface area contributed by atoms with Crippen molar-refractivity contribution in [2.24, 2.45) is 0 Å². The molecule has 4 aromatic rings. The van der Waals surface area contributed by atoms with Gasteiger partial charge in [0.25, 0.3) is 0 Å². The van der Waals surface area contributed by atoms with E-state index < -0.39 is 6.10 Å². The van der Waals surface area contributed by atoms with Gasteiger partial charge in [-0.05, 0) is 41.0 Å². The van der Waals surface area contributed by atoms with Crippen molar-refractivity contribution < 1.29 is 5.11 Å². The van der Waals surface area contributed by atoms with Gasteiger partial charge in [0.1, 0.15) is 24.3 Å². The summed E-state index contributed by atoms with van der Waals surface area (Å²) in [6.45, 7) is 4.83. The molecule has 2 aromatic heterocycles. The highest BCUT2D eigenvalue weighted by atomic mass is 16.3. The van der Waals surface area contributed by atoms with Gasteiger partial charge in [0.2, 0.25) is 0 Å². The third kappa shape index (κ3) is 3.67. The van der Waals surface area contributed by atoms with Crippen molar-refractivity contribution in [2.75, 3.05) is 0 Å². The Morgan fingerprint density at radius 3 is 2.39 bits per heavy atom. The fourth-order valence-electron chi connectivity index (χ4n) is 3.02. The monoisotopic (exact) mass is 375 g/mol. The van der Waals surface area contributed by atoms with Crippen LogP contribution in [0.15, 0.2) is 54.6 Å². The molecule has 4 rings (SSSR count). The third-order valence-electron chi connectivity index (χ3n) is 4.71. The van der Waals surface area contributed by atoms with Crippen molar-refractivity contribution in [3.63, 3.8) is 0 Å². The van der Waals surface area contributed by atoms with Crippen LogP contribution in [0.4, 0.5) is 0 Å². The molecular weight excluding hydrogens is 354 g/mol. The van der Waals surface area contributed by atoms with Crippen LogP contribution in [0, 0.1) is 13.8 Å². The maximum absolute atomic E-state index is 10.7. The highest BCUT2D eigenvalue weighted by Crippen LogP contribution is 2.20. The van der Waals surface area contributed by atoms with Crippen molar-refractivity contribution in [1.82, 2.24) is 35.0 Å². The molecule has 0 aliphatic carbocycles. The summed E-state index contributed by atoms with van der Waals surface area (Å²) in [4.78, 5) is 4.61. The second-order valence-corrected chi connectivity index (χ2v) is 6.67. The van der Waals surface area contributed by atoms with Gasteiger partial charge in [0.15, 0.2) is 5.82 Å². The summed E-state index contributed by atoms with van der Waals surface area (Å²) in [5.41, 5.74) is 3.07. The SMILES string of the molecule is Cc1ccccc1Cn1nc([C@@H](O)c2ccccc2)nc1Cn1nnnc1C. The number of tetrazole rings is 1. The lowest BCUT2D eigenvalue weighted by molar-refractivity contribution is 0.209. The number of hydrogen-bond donors (Lipinski definition) is 1. The molecule has 1 N–H and O–H groups in total. The maximum Gasteiger partial charge on any atom is 0.184 e. The van der Waals surface area contributed by atoms with Crippen LogP contribution < -0.4 is 0 Å². The quantitative estimate of drug-likeness (QED) is 0.554. The van der Waals surface area contributed by atoms with Gasteiger partial charge in [-0.3, -0.25) is 0 Å². The molecule has 0 unspecified atom stereocenters. The number of aryl methyl sites for hydroxylation is 2. The largest absolute Gasteiger partial charge is 0.380 e.